The lowest BCUT2D eigenvalue weighted by Gasteiger charge is -2.06. The van der Waals surface area contributed by atoms with Gasteiger partial charge in [0.05, 0.1) is 21.3 Å². The Morgan fingerprint density at radius 1 is 1.00 bits per heavy atom. The van der Waals surface area contributed by atoms with Crippen LogP contribution in [0.15, 0.2) is 24.3 Å². The van der Waals surface area contributed by atoms with Crippen LogP contribution in [0.25, 0.3) is 31.2 Å². The fourth-order valence-electron chi connectivity index (χ4n) is 2.58. The predicted molar refractivity (Wildman–Crippen MR) is 108 cm³/mol. The summed E-state index contributed by atoms with van der Waals surface area (Å²) in [5.41, 5.74) is 14.1. The molecule has 0 fully saturated rings. The largest absolute Gasteiger partial charge is 0.375 e. The van der Waals surface area contributed by atoms with Crippen molar-refractivity contribution in [3.8, 4) is 21.0 Å². The number of benzene rings is 1. The molecule has 4 rings (SSSR count). The third kappa shape index (κ3) is 2.93. The van der Waals surface area contributed by atoms with Crippen molar-refractivity contribution in [3.63, 3.8) is 0 Å². The van der Waals surface area contributed by atoms with Crippen LogP contribution in [0.3, 0.4) is 0 Å². The van der Waals surface area contributed by atoms with E-state index >= 15 is 0 Å². The van der Waals surface area contributed by atoms with Crippen LogP contribution in [0.4, 0.5) is 11.1 Å². The van der Waals surface area contributed by atoms with E-state index < -0.39 is 0 Å². The third-order valence-electron chi connectivity index (χ3n) is 3.63. The number of rotatable bonds is 2. The SMILES string of the molecule is Cc1nc(N)sc1-c1cc2c(-c3ccc(Cl)cc3Cl)nc(N)nc2s1. The molecule has 0 amide bonds. The lowest BCUT2D eigenvalue weighted by Crippen LogP contribution is -1.96. The molecule has 3 heterocycles. The summed E-state index contributed by atoms with van der Waals surface area (Å²) in [6, 6.07) is 7.32. The average molecular weight is 408 g/mol. The number of nitrogens with two attached hydrogens (primary N) is 2. The van der Waals surface area contributed by atoms with Gasteiger partial charge in [0, 0.05) is 20.8 Å². The van der Waals surface area contributed by atoms with E-state index in [2.05, 4.69) is 15.0 Å². The molecule has 0 aliphatic heterocycles. The summed E-state index contributed by atoms with van der Waals surface area (Å²) < 4.78 is 0. The molecule has 0 aliphatic carbocycles. The van der Waals surface area contributed by atoms with Gasteiger partial charge in [-0.15, -0.1) is 11.3 Å². The Labute approximate surface area is 161 Å². The molecule has 0 saturated heterocycles. The molecular weight excluding hydrogens is 397 g/mol. The summed E-state index contributed by atoms with van der Waals surface area (Å²) in [6.45, 7) is 1.93. The number of hydrogen-bond acceptors (Lipinski definition) is 7. The number of halogens is 2. The monoisotopic (exact) mass is 407 g/mol. The molecule has 3 aromatic heterocycles. The van der Waals surface area contributed by atoms with E-state index in [4.69, 9.17) is 34.7 Å². The zero-order valence-electron chi connectivity index (χ0n) is 12.9. The number of aromatic nitrogens is 3. The average Bonchev–Trinajstić information content (AvgIpc) is 3.09. The van der Waals surface area contributed by atoms with Crippen LogP contribution in [0.5, 0.6) is 0 Å². The first-order valence-corrected chi connectivity index (χ1v) is 9.57. The highest BCUT2D eigenvalue weighted by Gasteiger charge is 2.18. The molecule has 5 nitrogen and oxygen atoms in total. The summed E-state index contributed by atoms with van der Waals surface area (Å²) in [5.74, 6) is 0.197. The molecule has 4 aromatic rings. The van der Waals surface area contributed by atoms with Crippen LogP contribution in [0.2, 0.25) is 10.0 Å². The van der Waals surface area contributed by atoms with Crippen molar-refractivity contribution < 1.29 is 0 Å². The Bertz CT molecular complexity index is 1120. The minimum absolute atomic E-state index is 0.197. The second-order valence-corrected chi connectivity index (χ2v) is 8.26. The van der Waals surface area contributed by atoms with Gasteiger partial charge in [-0.1, -0.05) is 34.5 Å². The highest BCUT2D eigenvalue weighted by Crippen LogP contribution is 2.42. The van der Waals surface area contributed by atoms with E-state index in [0.29, 0.717) is 20.9 Å². The summed E-state index contributed by atoms with van der Waals surface area (Å²) in [7, 11) is 0. The van der Waals surface area contributed by atoms with Gasteiger partial charge >= 0.3 is 0 Å². The molecule has 0 aliphatic rings. The van der Waals surface area contributed by atoms with Crippen molar-refractivity contribution in [2.24, 2.45) is 0 Å². The highest BCUT2D eigenvalue weighted by atomic mass is 35.5. The van der Waals surface area contributed by atoms with Crippen molar-refractivity contribution in [2.45, 2.75) is 6.92 Å². The fraction of sp³-hybridized carbons (Fsp3) is 0.0625. The molecule has 126 valence electrons. The normalized spacial score (nSPS) is 11.3. The molecule has 0 bridgehead atoms. The lowest BCUT2D eigenvalue weighted by molar-refractivity contribution is 1.25. The Hall–Kier alpha value is -1.93. The Balaban J connectivity index is 1.98. The molecule has 0 radical (unpaired) electrons. The van der Waals surface area contributed by atoms with Crippen LogP contribution in [-0.2, 0) is 0 Å². The minimum Gasteiger partial charge on any atom is -0.375 e. The first kappa shape index (κ1) is 16.5. The fourth-order valence-corrected chi connectivity index (χ4v) is 5.11. The number of hydrogen-bond donors (Lipinski definition) is 2. The maximum absolute atomic E-state index is 6.36. The van der Waals surface area contributed by atoms with E-state index in [1.54, 1.807) is 12.1 Å². The van der Waals surface area contributed by atoms with Gasteiger partial charge in [0.15, 0.2) is 5.13 Å². The molecule has 4 N–H and O–H groups in total. The molecule has 9 heteroatoms. The predicted octanol–water partition coefficient (Wildman–Crippen LogP) is 5.26. The maximum Gasteiger partial charge on any atom is 0.221 e. The van der Waals surface area contributed by atoms with Gasteiger partial charge in [-0.2, -0.15) is 0 Å². The number of aryl methyl sites for hydroxylation is 1. The zero-order valence-corrected chi connectivity index (χ0v) is 16.0. The van der Waals surface area contributed by atoms with Crippen LogP contribution in [0.1, 0.15) is 5.69 Å². The highest BCUT2D eigenvalue weighted by molar-refractivity contribution is 7.27. The first-order valence-electron chi connectivity index (χ1n) is 7.18. The van der Waals surface area contributed by atoms with Crippen molar-refractivity contribution >= 4 is 67.2 Å². The summed E-state index contributed by atoms with van der Waals surface area (Å²) >= 11 is 15.3. The second kappa shape index (κ2) is 6.10. The van der Waals surface area contributed by atoms with Gasteiger partial charge in [0.25, 0.3) is 0 Å². The molecule has 0 atom stereocenters. The standard InChI is InChI=1S/C16H11Cl2N5S2/c1-6-13(25-16(20)21-6)11-5-9-12(22-15(19)23-14(9)24-11)8-3-2-7(17)4-10(8)18/h2-5H,1H3,(H2,20,21)(H2,19,22,23). The van der Waals surface area contributed by atoms with Crippen LogP contribution >= 0.6 is 45.9 Å². The van der Waals surface area contributed by atoms with E-state index in [-0.39, 0.29) is 5.95 Å². The molecule has 0 unspecified atom stereocenters. The smallest absolute Gasteiger partial charge is 0.221 e. The maximum atomic E-state index is 6.36. The summed E-state index contributed by atoms with van der Waals surface area (Å²) in [5, 5.41) is 2.49. The van der Waals surface area contributed by atoms with Gasteiger partial charge in [-0.05, 0) is 31.2 Å². The lowest BCUT2D eigenvalue weighted by atomic mass is 10.1. The Morgan fingerprint density at radius 2 is 1.80 bits per heavy atom. The number of fused-ring (bicyclic) bond motifs is 1. The van der Waals surface area contributed by atoms with Crippen LogP contribution in [0, 0.1) is 6.92 Å². The second-order valence-electron chi connectivity index (χ2n) is 5.35. The van der Waals surface area contributed by atoms with Gasteiger partial charge < -0.3 is 11.5 Å². The number of thiophene rings is 1. The summed E-state index contributed by atoms with van der Waals surface area (Å²) in [4.78, 5) is 15.9. The topological polar surface area (TPSA) is 90.7 Å². The van der Waals surface area contributed by atoms with Gasteiger partial charge in [0.2, 0.25) is 5.95 Å². The molecule has 1 aromatic carbocycles. The van der Waals surface area contributed by atoms with E-state index in [0.717, 1.165) is 31.2 Å². The summed E-state index contributed by atoms with van der Waals surface area (Å²) in [6.07, 6.45) is 0. The van der Waals surface area contributed by atoms with E-state index in [1.165, 1.54) is 22.7 Å². The van der Waals surface area contributed by atoms with E-state index in [9.17, 15) is 0 Å². The third-order valence-corrected chi connectivity index (χ3v) is 6.38. The molecule has 0 spiro atoms. The number of nitrogen functional groups attached to an aromatic ring is 2. The van der Waals surface area contributed by atoms with Crippen molar-refractivity contribution in [2.75, 3.05) is 11.5 Å². The number of nitrogens with zero attached hydrogens (tertiary/aromatic N) is 3. The van der Waals surface area contributed by atoms with Gasteiger partial charge in [0.1, 0.15) is 4.83 Å². The zero-order chi connectivity index (χ0) is 17.7. The molecule has 25 heavy (non-hydrogen) atoms. The first-order chi connectivity index (χ1) is 11.9. The Morgan fingerprint density at radius 3 is 2.48 bits per heavy atom. The van der Waals surface area contributed by atoms with Crippen molar-refractivity contribution in [1.82, 2.24) is 15.0 Å². The molecular formula is C16H11Cl2N5S2. The van der Waals surface area contributed by atoms with Crippen LogP contribution < -0.4 is 11.5 Å². The van der Waals surface area contributed by atoms with Gasteiger partial charge in [-0.25, -0.2) is 15.0 Å². The van der Waals surface area contributed by atoms with E-state index in [1.807, 2.05) is 19.1 Å². The number of anilines is 2. The van der Waals surface area contributed by atoms with Crippen LogP contribution in [-0.4, -0.2) is 15.0 Å². The van der Waals surface area contributed by atoms with Crippen molar-refractivity contribution in [3.05, 3.63) is 40.0 Å². The molecule has 0 saturated carbocycles. The number of thiazole rings is 1. The van der Waals surface area contributed by atoms with Crippen molar-refractivity contribution in [1.29, 1.82) is 0 Å². The quantitative estimate of drug-likeness (QED) is 0.472. The minimum atomic E-state index is 0.197. The Kier molecular flexibility index (Phi) is 4.04. The van der Waals surface area contributed by atoms with Gasteiger partial charge in [-0.3, -0.25) is 0 Å².